The predicted octanol–water partition coefficient (Wildman–Crippen LogP) is 3.26. The summed E-state index contributed by atoms with van der Waals surface area (Å²) in [6, 6.07) is 11.2. The second-order valence-electron chi connectivity index (χ2n) is 6.65. The third-order valence-electron chi connectivity index (χ3n) is 4.66. The van der Waals surface area contributed by atoms with E-state index in [1.54, 1.807) is 12.1 Å². The molecule has 140 valence electrons. The highest BCUT2D eigenvalue weighted by Gasteiger charge is 2.28. The van der Waals surface area contributed by atoms with Crippen LogP contribution in [0.3, 0.4) is 0 Å². The van der Waals surface area contributed by atoms with Gasteiger partial charge in [-0.3, -0.25) is 4.79 Å². The van der Waals surface area contributed by atoms with Crippen LogP contribution >= 0.6 is 11.3 Å². The number of amides is 1. The zero-order valence-electron chi connectivity index (χ0n) is 15.1. The number of rotatable bonds is 6. The first kappa shape index (κ1) is 19.1. The number of carbonyl (C=O) groups excluding carboxylic acids is 1. The molecule has 2 aromatic rings. The molecule has 1 unspecified atom stereocenters. The van der Waals surface area contributed by atoms with Gasteiger partial charge in [0.1, 0.15) is 4.21 Å². The van der Waals surface area contributed by atoms with E-state index in [4.69, 9.17) is 0 Å². The van der Waals surface area contributed by atoms with Crippen molar-refractivity contribution in [1.82, 2.24) is 9.62 Å². The topological polar surface area (TPSA) is 66.5 Å². The van der Waals surface area contributed by atoms with Crippen molar-refractivity contribution in [3.05, 3.63) is 52.4 Å². The molecule has 0 aliphatic carbocycles. The van der Waals surface area contributed by atoms with Crippen LogP contribution in [0.2, 0.25) is 0 Å². The van der Waals surface area contributed by atoms with E-state index in [1.807, 2.05) is 38.1 Å². The van der Waals surface area contributed by atoms with Crippen LogP contribution in [-0.2, 0) is 21.2 Å². The summed E-state index contributed by atoms with van der Waals surface area (Å²) in [5.74, 6) is -0.104. The molecule has 1 aromatic heterocycles. The minimum absolute atomic E-state index is 0.0866. The Kier molecular flexibility index (Phi) is 5.79. The van der Waals surface area contributed by atoms with Gasteiger partial charge < -0.3 is 5.32 Å². The summed E-state index contributed by atoms with van der Waals surface area (Å²) in [5, 5.41) is 3.00. The molecular formula is C19H24N2O3S2. The van der Waals surface area contributed by atoms with Gasteiger partial charge in [-0.1, -0.05) is 24.3 Å². The number of nitrogens with zero attached hydrogens (tertiary/aromatic N) is 1. The van der Waals surface area contributed by atoms with Crippen molar-refractivity contribution in [3.63, 3.8) is 0 Å². The lowest BCUT2D eigenvalue weighted by atomic mass is 10.0. The molecule has 1 fully saturated rings. The standard InChI is InChI=1S/C19H24N2O3S2/c1-14-7-3-4-8-17(14)15(2)20-18(22)13-16-9-10-19(25-16)26(23,24)21-11-5-6-12-21/h3-4,7-10,15H,5-6,11-13H2,1-2H3,(H,20,22). The monoisotopic (exact) mass is 392 g/mol. The Morgan fingerprint density at radius 1 is 1.19 bits per heavy atom. The Hall–Kier alpha value is -1.70. The van der Waals surface area contributed by atoms with Crippen LogP contribution in [0.5, 0.6) is 0 Å². The molecule has 1 saturated heterocycles. The van der Waals surface area contributed by atoms with E-state index < -0.39 is 10.0 Å². The fourth-order valence-corrected chi connectivity index (χ4v) is 6.27. The van der Waals surface area contributed by atoms with Crippen molar-refractivity contribution in [2.24, 2.45) is 0 Å². The maximum absolute atomic E-state index is 12.6. The minimum atomic E-state index is -3.41. The van der Waals surface area contributed by atoms with E-state index >= 15 is 0 Å². The summed E-state index contributed by atoms with van der Waals surface area (Å²) < 4.78 is 27.0. The van der Waals surface area contributed by atoms with Gasteiger partial charge in [0.25, 0.3) is 10.0 Å². The molecule has 1 aliphatic rings. The summed E-state index contributed by atoms with van der Waals surface area (Å²) in [6.45, 7) is 5.15. The van der Waals surface area contributed by atoms with Gasteiger partial charge in [0.05, 0.1) is 12.5 Å². The molecule has 7 heteroatoms. The maximum Gasteiger partial charge on any atom is 0.252 e. The molecule has 0 radical (unpaired) electrons. The van der Waals surface area contributed by atoms with Crippen LogP contribution in [0.4, 0.5) is 0 Å². The van der Waals surface area contributed by atoms with Gasteiger partial charge in [-0.2, -0.15) is 4.31 Å². The Balaban J connectivity index is 1.64. The number of benzene rings is 1. The van der Waals surface area contributed by atoms with Crippen LogP contribution in [0.15, 0.2) is 40.6 Å². The van der Waals surface area contributed by atoms with Crippen molar-refractivity contribution < 1.29 is 13.2 Å². The number of sulfonamides is 1. The lowest BCUT2D eigenvalue weighted by molar-refractivity contribution is -0.121. The quantitative estimate of drug-likeness (QED) is 0.820. The lowest BCUT2D eigenvalue weighted by Gasteiger charge is -2.16. The third kappa shape index (κ3) is 4.16. The second-order valence-corrected chi connectivity index (χ2v) is 9.99. The average molecular weight is 393 g/mol. The van der Waals surface area contributed by atoms with Gasteiger partial charge in [-0.25, -0.2) is 8.42 Å². The molecule has 1 atom stereocenters. The molecule has 26 heavy (non-hydrogen) atoms. The second kappa shape index (κ2) is 7.90. The van der Waals surface area contributed by atoms with Crippen LogP contribution in [-0.4, -0.2) is 31.7 Å². The predicted molar refractivity (Wildman–Crippen MR) is 104 cm³/mol. The Morgan fingerprint density at radius 3 is 2.58 bits per heavy atom. The third-order valence-corrected chi connectivity index (χ3v) is 8.11. The van der Waals surface area contributed by atoms with Crippen LogP contribution in [0.1, 0.15) is 41.8 Å². The molecule has 1 amide bonds. The molecule has 1 aromatic carbocycles. The van der Waals surface area contributed by atoms with E-state index in [1.165, 1.54) is 15.6 Å². The van der Waals surface area contributed by atoms with Crippen molar-refractivity contribution >= 4 is 27.3 Å². The number of nitrogens with one attached hydrogen (secondary N) is 1. The van der Waals surface area contributed by atoms with Gasteiger partial charge in [0, 0.05) is 18.0 Å². The molecular weight excluding hydrogens is 368 g/mol. The molecule has 0 spiro atoms. The van der Waals surface area contributed by atoms with Crippen LogP contribution in [0, 0.1) is 6.92 Å². The first-order chi connectivity index (χ1) is 12.4. The van der Waals surface area contributed by atoms with Crippen molar-refractivity contribution in [3.8, 4) is 0 Å². The number of aryl methyl sites for hydroxylation is 1. The molecule has 0 bridgehead atoms. The molecule has 1 aliphatic heterocycles. The number of hydrogen-bond acceptors (Lipinski definition) is 4. The molecule has 1 N–H and O–H groups in total. The highest BCUT2D eigenvalue weighted by atomic mass is 32.2. The average Bonchev–Trinajstić information content (AvgIpc) is 3.27. The summed E-state index contributed by atoms with van der Waals surface area (Å²) in [7, 11) is -3.41. The number of carbonyl (C=O) groups is 1. The van der Waals surface area contributed by atoms with Gasteiger partial charge in [0.2, 0.25) is 5.91 Å². The fourth-order valence-electron chi connectivity index (χ4n) is 3.25. The van der Waals surface area contributed by atoms with Gasteiger partial charge in [0.15, 0.2) is 0 Å². The SMILES string of the molecule is Cc1ccccc1C(C)NC(=O)Cc1ccc(S(=O)(=O)N2CCCC2)s1. The summed E-state index contributed by atoms with van der Waals surface area (Å²) in [5.41, 5.74) is 2.22. The number of thiophene rings is 1. The van der Waals surface area contributed by atoms with Crippen molar-refractivity contribution in [2.75, 3.05) is 13.1 Å². The van der Waals surface area contributed by atoms with Crippen LogP contribution < -0.4 is 5.32 Å². The zero-order chi connectivity index (χ0) is 18.7. The zero-order valence-corrected chi connectivity index (χ0v) is 16.7. The smallest absolute Gasteiger partial charge is 0.252 e. The minimum Gasteiger partial charge on any atom is -0.349 e. The first-order valence-electron chi connectivity index (χ1n) is 8.81. The van der Waals surface area contributed by atoms with E-state index in [0.29, 0.717) is 17.3 Å². The van der Waals surface area contributed by atoms with Crippen LogP contribution in [0.25, 0.3) is 0 Å². The highest BCUT2D eigenvalue weighted by Crippen LogP contribution is 2.27. The van der Waals surface area contributed by atoms with Gasteiger partial charge in [-0.05, 0) is 49.9 Å². The molecule has 3 rings (SSSR count). The van der Waals surface area contributed by atoms with Crippen molar-refractivity contribution in [2.45, 2.75) is 43.4 Å². The Morgan fingerprint density at radius 2 is 1.88 bits per heavy atom. The fraction of sp³-hybridized carbons (Fsp3) is 0.421. The lowest BCUT2D eigenvalue weighted by Crippen LogP contribution is -2.28. The van der Waals surface area contributed by atoms with Crippen molar-refractivity contribution in [1.29, 1.82) is 0 Å². The first-order valence-corrected chi connectivity index (χ1v) is 11.1. The van der Waals surface area contributed by atoms with E-state index in [0.717, 1.165) is 28.8 Å². The molecule has 5 nitrogen and oxygen atoms in total. The summed E-state index contributed by atoms with van der Waals surface area (Å²) in [4.78, 5) is 13.1. The number of hydrogen-bond donors (Lipinski definition) is 1. The van der Waals surface area contributed by atoms with E-state index in [9.17, 15) is 13.2 Å². The highest BCUT2D eigenvalue weighted by molar-refractivity contribution is 7.91. The van der Waals surface area contributed by atoms with Gasteiger partial charge in [-0.15, -0.1) is 11.3 Å². The largest absolute Gasteiger partial charge is 0.349 e. The van der Waals surface area contributed by atoms with E-state index in [-0.39, 0.29) is 18.4 Å². The maximum atomic E-state index is 12.6. The van der Waals surface area contributed by atoms with E-state index in [2.05, 4.69) is 5.32 Å². The molecule has 2 heterocycles. The Labute approximate surface area is 159 Å². The van der Waals surface area contributed by atoms with Gasteiger partial charge >= 0.3 is 0 Å². The Bertz CT molecular complexity index is 884. The summed E-state index contributed by atoms with van der Waals surface area (Å²) in [6.07, 6.45) is 2.02. The molecule has 0 saturated carbocycles. The summed E-state index contributed by atoms with van der Waals surface area (Å²) >= 11 is 1.19. The normalized spacial score (nSPS) is 16.5.